The summed E-state index contributed by atoms with van der Waals surface area (Å²) < 4.78 is 24.2. The molecule has 0 saturated heterocycles. The van der Waals surface area contributed by atoms with E-state index < -0.39 is 5.97 Å². The standard InChI is InChI=1S/C33H25FN2O4/c1-39-33(38)24-7-5-22(6-8-24)21-36-32(37)30-20-27(9-14-31(30)40-29-12-10-28(34)11-13-29)26-4-2-3-25(19-26)23-15-17-35-18-16-23/h2-20H,21H2,1H3,(H,36,37). The Bertz CT molecular complexity index is 1640. The Morgan fingerprint density at radius 1 is 0.775 bits per heavy atom. The molecular formula is C33H25FN2O4. The SMILES string of the molecule is COC(=O)c1ccc(CNC(=O)c2cc(-c3cccc(-c4ccncc4)c3)ccc2Oc2ccc(F)cc2)cc1. The van der Waals surface area contributed by atoms with Gasteiger partial charge in [0.25, 0.3) is 5.91 Å². The Kier molecular flexibility index (Phi) is 7.92. The highest BCUT2D eigenvalue weighted by molar-refractivity contribution is 5.98. The van der Waals surface area contributed by atoms with Gasteiger partial charge in [0.05, 0.1) is 18.2 Å². The fourth-order valence-corrected chi connectivity index (χ4v) is 4.18. The summed E-state index contributed by atoms with van der Waals surface area (Å²) in [5.74, 6) is -0.419. The molecule has 0 spiro atoms. The van der Waals surface area contributed by atoms with Gasteiger partial charge in [0.2, 0.25) is 0 Å². The molecule has 4 aromatic carbocycles. The Hall–Kier alpha value is -5.30. The lowest BCUT2D eigenvalue weighted by Crippen LogP contribution is -2.23. The zero-order valence-corrected chi connectivity index (χ0v) is 21.6. The number of amides is 1. The number of benzene rings is 4. The van der Waals surface area contributed by atoms with Crippen LogP contribution < -0.4 is 10.1 Å². The van der Waals surface area contributed by atoms with Crippen LogP contribution in [0.15, 0.2) is 116 Å². The molecule has 5 aromatic rings. The van der Waals surface area contributed by atoms with Crippen molar-refractivity contribution >= 4 is 11.9 Å². The van der Waals surface area contributed by atoms with E-state index in [1.54, 1.807) is 48.8 Å². The van der Waals surface area contributed by atoms with Crippen molar-refractivity contribution in [1.82, 2.24) is 10.3 Å². The third kappa shape index (κ3) is 6.22. The number of carbonyl (C=O) groups is 2. The topological polar surface area (TPSA) is 77.5 Å². The van der Waals surface area contributed by atoms with Gasteiger partial charge in [-0.15, -0.1) is 0 Å². The summed E-state index contributed by atoms with van der Waals surface area (Å²) in [7, 11) is 1.32. The summed E-state index contributed by atoms with van der Waals surface area (Å²) in [6, 6.07) is 29.7. The molecule has 0 atom stereocenters. The first-order valence-corrected chi connectivity index (χ1v) is 12.5. The molecule has 0 aliphatic carbocycles. The van der Waals surface area contributed by atoms with Crippen LogP contribution in [-0.2, 0) is 11.3 Å². The molecule has 0 fully saturated rings. The van der Waals surface area contributed by atoms with Gasteiger partial charge >= 0.3 is 5.97 Å². The fourth-order valence-electron chi connectivity index (χ4n) is 4.18. The van der Waals surface area contributed by atoms with Crippen LogP contribution in [0.1, 0.15) is 26.3 Å². The first kappa shape index (κ1) is 26.3. The summed E-state index contributed by atoms with van der Waals surface area (Å²) in [6.45, 7) is 0.234. The molecule has 1 heterocycles. The molecule has 1 aromatic heterocycles. The van der Waals surface area contributed by atoms with Gasteiger partial charge in [-0.25, -0.2) is 9.18 Å². The lowest BCUT2D eigenvalue weighted by Gasteiger charge is -2.14. The first-order chi connectivity index (χ1) is 19.5. The number of aromatic nitrogens is 1. The van der Waals surface area contributed by atoms with E-state index in [4.69, 9.17) is 9.47 Å². The highest BCUT2D eigenvalue weighted by Crippen LogP contribution is 2.32. The molecule has 7 heteroatoms. The lowest BCUT2D eigenvalue weighted by atomic mass is 9.98. The maximum Gasteiger partial charge on any atom is 0.337 e. The van der Waals surface area contributed by atoms with E-state index in [0.29, 0.717) is 22.6 Å². The third-order valence-electron chi connectivity index (χ3n) is 6.30. The molecular weight excluding hydrogens is 507 g/mol. The van der Waals surface area contributed by atoms with Crippen molar-refractivity contribution in [2.45, 2.75) is 6.54 Å². The van der Waals surface area contributed by atoms with Crippen LogP contribution in [0.5, 0.6) is 11.5 Å². The van der Waals surface area contributed by atoms with Crippen molar-refractivity contribution in [2.75, 3.05) is 7.11 Å². The molecule has 1 N–H and O–H groups in total. The predicted octanol–water partition coefficient (Wildman–Crippen LogP) is 7.06. The number of hydrogen-bond acceptors (Lipinski definition) is 5. The van der Waals surface area contributed by atoms with Gasteiger partial charge in [-0.1, -0.05) is 36.4 Å². The minimum absolute atomic E-state index is 0.234. The Morgan fingerprint density at radius 2 is 1.45 bits per heavy atom. The van der Waals surface area contributed by atoms with Crippen molar-refractivity contribution in [3.63, 3.8) is 0 Å². The van der Waals surface area contributed by atoms with Gasteiger partial charge in [0.1, 0.15) is 17.3 Å². The van der Waals surface area contributed by atoms with E-state index in [9.17, 15) is 14.0 Å². The van der Waals surface area contributed by atoms with E-state index in [-0.39, 0.29) is 18.3 Å². The molecule has 6 nitrogen and oxygen atoms in total. The van der Waals surface area contributed by atoms with Crippen LogP contribution >= 0.6 is 0 Å². The number of pyridine rings is 1. The number of hydrogen-bond donors (Lipinski definition) is 1. The van der Waals surface area contributed by atoms with Gasteiger partial charge in [0, 0.05) is 18.9 Å². The van der Waals surface area contributed by atoms with Crippen LogP contribution in [-0.4, -0.2) is 24.0 Å². The van der Waals surface area contributed by atoms with E-state index >= 15 is 0 Å². The molecule has 1 amide bonds. The van der Waals surface area contributed by atoms with Crippen molar-refractivity contribution in [3.8, 4) is 33.8 Å². The summed E-state index contributed by atoms with van der Waals surface area (Å²) in [4.78, 5) is 29.2. The van der Waals surface area contributed by atoms with Crippen LogP contribution in [0.3, 0.4) is 0 Å². The van der Waals surface area contributed by atoms with E-state index in [1.807, 2.05) is 36.4 Å². The fraction of sp³-hybridized carbons (Fsp3) is 0.0606. The number of esters is 1. The maximum absolute atomic E-state index is 13.4. The van der Waals surface area contributed by atoms with Crippen molar-refractivity contribution in [2.24, 2.45) is 0 Å². The quantitative estimate of drug-likeness (QED) is 0.217. The van der Waals surface area contributed by atoms with Crippen LogP contribution in [0.2, 0.25) is 0 Å². The number of nitrogens with one attached hydrogen (secondary N) is 1. The van der Waals surface area contributed by atoms with Crippen LogP contribution in [0, 0.1) is 5.82 Å². The average Bonchev–Trinajstić information content (AvgIpc) is 3.01. The Labute approximate surface area is 231 Å². The molecule has 0 aliphatic rings. The number of carbonyl (C=O) groups excluding carboxylic acids is 2. The minimum atomic E-state index is -0.428. The predicted molar refractivity (Wildman–Crippen MR) is 151 cm³/mol. The largest absolute Gasteiger partial charge is 0.465 e. The zero-order valence-electron chi connectivity index (χ0n) is 21.6. The third-order valence-corrected chi connectivity index (χ3v) is 6.30. The van der Waals surface area contributed by atoms with E-state index in [0.717, 1.165) is 27.8 Å². The molecule has 0 radical (unpaired) electrons. The second-order valence-electron chi connectivity index (χ2n) is 8.95. The van der Waals surface area contributed by atoms with Gasteiger partial charge in [-0.05, 0) is 94.5 Å². The summed E-state index contributed by atoms with van der Waals surface area (Å²) in [5, 5.41) is 2.93. The zero-order chi connectivity index (χ0) is 27.9. The second kappa shape index (κ2) is 12.0. The molecule has 0 saturated carbocycles. The van der Waals surface area contributed by atoms with Crippen LogP contribution in [0.25, 0.3) is 22.3 Å². The highest BCUT2D eigenvalue weighted by atomic mass is 19.1. The van der Waals surface area contributed by atoms with Gasteiger partial charge < -0.3 is 14.8 Å². The van der Waals surface area contributed by atoms with Crippen LogP contribution in [0.4, 0.5) is 4.39 Å². The smallest absolute Gasteiger partial charge is 0.337 e. The maximum atomic E-state index is 13.4. The lowest BCUT2D eigenvalue weighted by molar-refractivity contribution is 0.0600. The monoisotopic (exact) mass is 532 g/mol. The first-order valence-electron chi connectivity index (χ1n) is 12.5. The number of rotatable bonds is 8. The molecule has 0 aliphatic heterocycles. The molecule has 0 unspecified atom stereocenters. The average molecular weight is 533 g/mol. The molecule has 40 heavy (non-hydrogen) atoms. The van der Waals surface area contributed by atoms with Gasteiger partial charge in [-0.2, -0.15) is 0 Å². The Balaban J connectivity index is 1.44. The number of nitrogens with zero attached hydrogens (tertiary/aromatic N) is 1. The molecule has 0 bridgehead atoms. The summed E-state index contributed by atoms with van der Waals surface area (Å²) in [5.41, 5.74) is 5.36. The van der Waals surface area contributed by atoms with E-state index in [2.05, 4.69) is 16.4 Å². The van der Waals surface area contributed by atoms with Gasteiger partial charge in [-0.3, -0.25) is 9.78 Å². The normalized spacial score (nSPS) is 10.6. The summed E-state index contributed by atoms with van der Waals surface area (Å²) in [6.07, 6.45) is 3.49. The van der Waals surface area contributed by atoms with E-state index in [1.165, 1.54) is 31.4 Å². The number of ether oxygens (including phenoxy) is 2. The highest BCUT2D eigenvalue weighted by Gasteiger charge is 2.16. The summed E-state index contributed by atoms with van der Waals surface area (Å²) >= 11 is 0. The van der Waals surface area contributed by atoms with Crippen molar-refractivity contribution in [3.05, 3.63) is 138 Å². The number of methoxy groups -OCH3 is 1. The molecule has 198 valence electrons. The van der Waals surface area contributed by atoms with Gasteiger partial charge in [0.15, 0.2) is 0 Å². The number of halogens is 1. The second-order valence-corrected chi connectivity index (χ2v) is 8.95. The van der Waals surface area contributed by atoms with Crippen molar-refractivity contribution < 1.29 is 23.5 Å². The minimum Gasteiger partial charge on any atom is -0.465 e. The molecule has 5 rings (SSSR count). The Morgan fingerprint density at radius 3 is 2.15 bits per heavy atom. The van der Waals surface area contributed by atoms with Crippen molar-refractivity contribution in [1.29, 1.82) is 0 Å².